The van der Waals surface area contributed by atoms with Gasteiger partial charge in [0.1, 0.15) is 11.9 Å². The van der Waals surface area contributed by atoms with Crippen molar-refractivity contribution >= 4 is 40.8 Å². The average Bonchev–Trinajstić information content (AvgIpc) is 3.58. The van der Waals surface area contributed by atoms with Crippen LogP contribution in [0.5, 0.6) is 5.75 Å². The Morgan fingerprint density at radius 2 is 1.74 bits per heavy atom. The van der Waals surface area contributed by atoms with Crippen molar-refractivity contribution in [3.05, 3.63) is 70.0 Å². The highest BCUT2D eigenvalue weighted by molar-refractivity contribution is 6.38. The Bertz CT molecular complexity index is 1410. The molecule has 0 bridgehead atoms. The molecular formula is C28H28Cl2F3N5O4. The molecule has 1 aromatic heterocycles. The number of hydrogen-bond acceptors (Lipinski definition) is 6. The number of imidazole rings is 1. The number of halogens is 5. The fraction of sp³-hybridized carbons (Fsp3) is 0.357. The fourth-order valence-corrected chi connectivity index (χ4v) is 4.84. The third-order valence-electron chi connectivity index (χ3n) is 6.72. The summed E-state index contributed by atoms with van der Waals surface area (Å²) >= 11 is 12.0. The van der Waals surface area contributed by atoms with Crippen LogP contribution in [-0.4, -0.2) is 57.0 Å². The van der Waals surface area contributed by atoms with Gasteiger partial charge in [0.05, 0.1) is 22.1 Å². The zero-order chi connectivity index (χ0) is 30.6. The Labute approximate surface area is 249 Å². The molecule has 14 heteroatoms. The average molecular weight is 626 g/mol. The number of ketones is 1. The lowest BCUT2D eigenvalue weighted by Gasteiger charge is -2.29. The van der Waals surface area contributed by atoms with Crippen LogP contribution in [0.4, 0.5) is 13.2 Å². The SMILES string of the molecule is CC[C@H](NC(=O)[C@H](Cc1cc(Cl)c(O)c(Cl)c1)N[C@@H](c1ccc(-c2ncc[nH]2)cc1)C(F)(F)F)C(=O)C(=O)NC1CC1. The summed E-state index contributed by atoms with van der Waals surface area (Å²) in [5, 5.41) is 17.0. The molecule has 0 aliphatic heterocycles. The highest BCUT2D eigenvalue weighted by Gasteiger charge is 2.43. The summed E-state index contributed by atoms with van der Waals surface area (Å²) in [7, 11) is 0. The van der Waals surface area contributed by atoms with Crippen LogP contribution in [0.3, 0.4) is 0 Å². The Morgan fingerprint density at radius 1 is 1.10 bits per heavy atom. The van der Waals surface area contributed by atoms with E-state index in [4.69, 9.17) is 23.2 Å². The van der Waals surface area contributed by atoms with Gasteiger partial charge in [-0.05, 0) is 48.9 Å². The van der Waals surface area contributed by atoms with Gasteiger partial charge in [0.25, 0.3) is 5.91 Å². The van der Waals surface area contributed by atoms with Crippen molar-refractivity contribution in [3.8, 4) is 17.1 Å². The summed E-state index contributed by atoms with van der Waals surface area (Å²) in [6.45, 7) is 1.56. The maximum Gasteiger partial charge on any atom is 0.407 e. The molecule has 0 saturated heterocycles. The van der Waals surface area contributed by atoms with Gasteiger partial charge in [-0.3, -0.25) is 19.7 Å². The van der Waals surface area contributed by atoms with E-state index in [1.165, 1.54) is 42.6 Å². The van der Waals surface area contributed by atoms with Gasteiger partial charge in [0.15, 0.2) is 5.75 Å². The van der Waals surface area contributed by atoms with E-state index in [2.05, 4.69) is 25.9 Å². The third-order valence-corrected chi connectivity index (χ3v) is 7.30. The van der Waals surface area contributed by atoms with Crippen molar-refractivity contribution in [1.82, 2.24) is 25.9 Å². The van der Waals surface area contributed by atoms with Crippen LogP contribution in [-0.2, 0) is 20.8 Å². The number of nitrogens with one attached hydrogen (secondary N) is 4. The zero-order valence-electron chi connectivity index (χ0n) is 22.3. The number of phenols is 1. The Morgan fingerprint density at radius 3 is 2.26 bits per heavy atom. The summed E-state index contributed by atoms with van der Waals surface area (Å²) in [6.07, 6.45) is -0.569. The van der Waals surface area contributed by atoms with Crippen molar-refractivity contribution in [2.45, 2.75) is 63.0 Å². The third kappa shape index (κ3) is 7.81. The minimum Gasteiger partial charge on any atom is -0.505 e. The summed E-state index contributed by atoms with van der Waals surface area (Å²) in [5.74, 6) is -2.66. The number of aromatic hydroxyl groups is 1. The van der Waals surface area contributed by atoms with Crippen LogP contribution in [0.15, 0.2) is 48.8 Å². The Balaban J connectivity index is 1.62. The highest BCUT2D eigenvalue weighted by atomic mass is 35.5. The molecule has 0 unspecified atom stereocenters. The molecule has 1 saturated carbocycles. The first-order valence-corrected chi connectivity index (χ1v) is 13.9. The van der Waals surface area contributed by atoms with Crippen molar-refractivity contribution < 1.29 is 32.7 Å². The molecule has 3 atom stereocenters. The van der Waals surface area contributed by atoms with Gasteiger partial charge < -0.3 is 20.7 Å². The maximum absolute atomic E-state index is 14.4. The number of carbonyl (C=O) groups is 3. The van der Waals surface area contributed by atoms with Crippen LogP contribution < -0.4 is 16.0 Å². The number of aromatic nitrogens is 2. The standard InChI is InChI=1S/C28H28Cl2F3N5O4/c1-2-20(23(40)27(42)36-17-7-8-17)38-26(41)21(13-14-11-18(29)22(39)19(30)12-14)37-24(28(31,32)33)15-3-5-16(6-4-15)25-34-9-10-35-25/h3-6,9-12,17,20-21,24,37,39H,2,7-8,13H2,1H3,(H,34,35)(H,36,42)(H,38,41)/t20-,21-,24-/m0/s1. The minimum atomic E-state index is -4.83. The smallest absolute Gasteiger partial charge is 0.407 e. The zero-order valence-corrected chi connectivity index (χ0v) is 23.8. The van der Waals surface area contributed by atoms with Crippen LogP contribution in [0.2, 0.25) is 10.0 Å². The molecule has 1 aliphatic rings. The molecule has 3 aromatic rings. The monoisotopic (exact) mass is 625 g/mol. The molecule has 2 amide bonds. The van der Waals surface area contributed by atoms with Crippen LogP contribution in [0.25, 0.3) is 11.4 Å². The number of Topliss-reactive ketones (excluding diaryl/α,β-unsaturated/α-hetero) is 1. The Kier molecular flexibility index (Phi) is 9.80. The summed E-state index contributed by atoms with van der Waals surface area (Å²) in [5.41, 5.74) is 0.626. The summed E-state index contributed by atoms with van der Waals surface area (Å²) in [4.78, 5) is 45.5. The van der Waals surface area contributed by atoms with Gasteiger partial charge in [-0.25, -0.2) is 4.98 Å². The molecule has 0 radical (unpaired) electrons. The second kappa shape index (κ2) is 13.1. The molecule has 5 N–H and O–H groups in total. The second-order valence-electron chi connectivity index (χ2n) is 9.95. The first-order valence-electron chi connectivity index (χ1n) is 13.1. The topological polar surface area (TPSA) is 136 Å². The number of H-pyrrole nitrogens is 1. The second-order valence-corrected chi connectivity index (χ2v) is 10.8. The van der Waals surface area contributed by atoms with E-state index in [0.717, 1.165) is 12.8 Å². The van der Waals surface area contributed by atoms with Gasteiger partial charge in [-0.1, -0.05) is 54.4 Å². The Hall–Kier alpha value is -3.61. The van der Waals surface area contributed by atoms with Crippen molar-refractivity contribution in [3.63, 3.8) is 0 Å². The number of carbonyl (C=O) groups excluding carboxylic acids is 3. The maximum atomic E-state index is 14.4. The lowest BCUT2D eigenvalue weighted by atomic mass is 9.99. The predicted octanol–water partition coefficient (Wildman–Crippen LogP) is 4.64. The van der Waals surface area contributed by atoms with E-state index in [1.807, 2.05) is 0 Å². The van der Waals surface area contributed by atoms with E-state index in [0.29, 0.717) is 11.4 Å². The molecule has 2 aromatic carbocycles. The minimum absolute atomic E-state index is 0.0309. The predicted molar refractivity (Wildman–Crippen MR) is 150 cm³/mol. The van der Waals surface area contributed by atoms with Gasteiger partial charge in [-0.15, -0.1) is 0 Å². The van der Waals surface area contributed by atoms with Gasteiger partial charge in [0.2, 0.25) is 11.7 Å². The number of amides is 2. The van der Waals surface area contributed by atoms with Gasteiger partial charge in [0, 0.05) is 24.0 Å². The molecule has 4 rings (SSSR count). The first kappa shape index (κ1) is 31.3. The molecule has 1 fully saturated rings. The molecule has 1 aliphatic carbocycles. The summed E-state index contributed by atoms with van der Waals surface area (Å²) in [6, 6.07) is 2.81. The van der Waals surface area contributed by atoms with Crippen molar-refractivity contribution in [1.29, 1.82) is 0 Å². The van der Waals surface area contributed by atoms with E-state index in [9.17, 15) is 32.7 Å². The molecule has 1 heterocycles. The van der Waals surface area contributed by atoms with Crippen LogP contribution in [0, 0.1) is 0 Å². The first-order chi connectivity index (χ1) is 19.9. The number of alkyl halides is 3. The van der Waals surface area contributed by atoms with Gasteiger partial charge in [-0.2, -0.15) is 13.2 Å². The number of benzene rings is 2. The van der Waals surface area contributed by atoms with Crippen LogP contribution in [0.1, 0.15) is 43.4 Å². The van der Waals surface area contributed by atoms with Crippen molar-refractivity contribution in [2.75, 3.05) is 0 Å². The quantitative estimate of drug-likeness (QED) is 0.186. The largest absolute Gasteiger partial charge is 0.505 e. The number of phenolic OH excluding ortho intramolecular Hbond substituents is 1. The van der Waals surface area contributed by atoms with Crippen molar-refractivity contribution in [2.24, 2.45) is 0 Å². The summed E-state index contributed by atoms with van der Waals surface area (Å²) < 4.78 is 43.3. The number of rotatable bonds is 12. The molecule has 42 heavy (non-hydrogen) atoms. The molecular weight excluding hydrogens is 598 g/mol. The lowest BCUT2D eigenvalue weighted by Crippen LogP contribution is -2.55. The van der Waals surface area contributed by atoms with E-state index in [1.54, 1.807) is 13.1 Å². The molecule has 0 spiro atoms. The number of nitrogens with zero attached hydrogens (tertiary/aromatic N) is 1. The number of hydrogen-bond donors (Lipinski definition) is 5. The molecule has 9 nitrogen and oxygen atoms in total. The normalized spacial score (nSPS) is 15.5. The number of aromatic amines is 1. The van der Waals surface area contributed by atoms with Gasteiger partial charge >= 0.3 is 6.18 Å². The molecule has 224 valence electrons. The van der Waals surface area contributed by atoms with E-state index >= 15 is 0 Å². The fourth-order valence-electron chi connectivity index (χ4n) is 4.30. The highest BCUT2D eigenvalue weighted by Crippen LogP contribution is 2.36. The van der Waals surface area contributed by atoms with E-state index in [-0.39, 0.29) is 40.1 Å². The van der Waals surface area contributed by atoms with Crippen LogP contribution >= 0.6 is 23.2 Å². The lowest BCUT2D eigenvalue weighted by molar-refractivity contribution is -0.161. The van der Waals surface area contributed by atoms with E-state index < -0.39 is 47.6 Å².